The summed E-state index contributed by atoms with van der Waals surface area (Å²) in [5.74, 6) is 0.417. The Balaban J connectivity index is 2.07. The average Bonchev–Trinajstić information content (AvgIpc) is 2.84. The van der Waals surface area contributed by atoms with Gasteiger partial charge in [-0.3, -0.25) is 9.89 Å². The summed E-state index contributed by atoms with van der Waals surface area (Å²) in [5, 5.41) is 9.90. The van der Waals surface area contributed by atoms with Crippen molar-refractivity contribution >= 4 is 17.9 Å². The van der Waals surface area contributed by atoms with Crippen molar-refractivity contribution in [1.82, 2.24) is 20.2 Å². The minimum atomic E-state index is 0.417. The molecule has 2 rings (SSSR count). The van der Waals surface area contributed by atoms with E-state index < -0.39 is 0 Å². The summed E-state index contributed by atoms with van der Waals surface area (Å²) in [6, 6.07) is 0. The summed E-state index contributed by atoms with van der Waals surface area (Å²) < 4.78 is 5.00. The Labute approximate surface area is 104 Å². The monoisotopic (exact) mass is 247 g/mol. The smallest absolute Gasteiger partial charge is 0.227 e. The molecule has 0 fully saturated rings. The second-order valence-electron chi connectivity index (χ2n) is 3.57. The zero-order chi connectivity index (χ0) is 12.8. The van der Waals surface area contributed by atoms with Gasteiger partial charge in [0.1, 0.15) is 0 Å². The van der Waals surface area contributed by atoms with Gasteiger partial charge in [0.15, 0.2) is 6.29 Å². The number of carbonyl (C=O) groups excluding carboxylic acids is 1. The van der Waals surface area contributed by atoms with Crippen molar-refractivity contribution < 1.29 is 9.53 Å². The summed E-state index contributed by atoms with van der Waals surface area (Å²) in [4.78, 5) is 18.5. The number of nitrogens with one attached hydrogen (secondary N) is 2. The van der Waals surface area contributed by atoms with Crippen LogP contribution in [0.1, 0.15) is 16.1 Å². The number of carbonyl (C=O) groups is 1. The molecule has 0 atom stereocenters. The SMILES string of the molecule is COCCc1n[nH]cc1Nc1ncc(C=O)cn1. The van der Waals surface area contributed by atoms with E-state index in [-0.39, 0.29) is 0 Å². The van der Waals surface area contributed by atoms with E-state index in [1.807, 2.05) is 0 Å². The molecule has 0 aromatic carbocycles. The van der Waals surface area contributed by atoms with Crippen LogP contribution in [0.5, 0.6) is 0 Å². The Hall–Kier alpha value is -2.28. The van der Waals surface area contributed by atoms with Gasteiger partial charge >= 0.3 is 0 Å². The third-order valence-corrected chi connectivity index (χ3v) is 2.32. The molecule has 94 valence electrons. The lowest BCUT2D eigenvalue weighted by atomic mass is 10.3. The van der Waals surface area contributed by atoms with Gasteiger partial charge in [-0.1, -0.05) is 0 Å². The highest BCUT2D eigenvalue weighted by Gasteiger charge is 2.07. The normalized spacial score (nSPS) is 10.3. The van der Waals surface area contributed by atoms with Crippen molar-refractivity contribution in [1.29, 1.82) is 0 Å². The zero-order valence-electron chi connectivity index (χ0n) is 9.88. The standard InChI is InChI=1S/C11H13N5O2/c1-18-3-2-9-10(6-14-16-9)15-11-12-4-8(7-17)5-13-11/h4-7H,2-3H2,1H3,(H,14,16)(H,12,13,15). The molecule has 18 heavy (non-hydrogen) atoms. The van der Waals surface area contributed by atoms with Crippen molar-refractivity contribution in [2.24, 2.45) is 0 Å². The molecule has 0 aliphatic rings. The molecule has 2 aromatic rings. The van der Waals surface area contributed by atoms with Crippen LogP contribution in [-0.4, -0.2) is 40.2 Å². The molecule has 0 saturated heterocycles. The second-order valence-corrected chi connectivity index (χ2v) is 3.57. The molecular weight excluding hydrogens is 234 g/mol. The van der Waals surface area contributed by atoms with E-state index in [0.717, 1.165) is 11.4 Å². The summed E-state index contributed by atoms with van der Waals surface area (Å²) in [6.07, 6.45) is 6.02. The van der Waals surface area contributed by atoms with Gasteiger partial charge in [0.25, 0.3) is 0 Å². The fourth-order valence-electron chi connectivity index (χ4n) is 1.40. The number of hydrogen-bond donors (Lipinski definition) is 2. The quantitative estimate of drug-likeness (QED) is 0.738. The van der Waals surface area contributed by atoms with E-state index in [4.69, 9.17) is 4.74 Å². The summed E-state index contributed by atoms with van der Waals surface area (Å²) in [6.45, 7) is 0.588. The zero-order valence-corrected chi connectivity index (χ0v) is 9.88. The molecule has 7 nitrogen and oxygen atoms in total. The first-order valence-corrected chi connectivity index (χ1v) is 5.39. The Kier molecular flexibility index (Phi) is 3.98. The third kappa shape index (κ3) is 2.89. The lowest BCUT2D eigenvalue weighted by molar-refractivity contribution is 0.112. The number of hydrogen-bond acceptors (Lipinski definition) is 6. The third-order valence-electron chi connectivity index (χ3n) is 2.32. The number of ether oxygens (including phenoxy) is 1. The fourth-order valence-corrected chi connectivity index (χ4v) is 1.40. The van der Waals surface area contributed by atoms with E-state index in [9.17, 15) is 4.79 Å². The van der Waals surface area contributed by atoms with Crippen LogP contribution in [0.2, 0.25) is 0 Å². The molecule has 0 spiro atoms. The maximum absolute atomic E-state index is 10.5. The summed E-state index contributed by atoms with van der Waals surface area (Å²) >= 11 is 0. The Morgan fingerprint density at radius 2 is 2.22 bits per heavy atom. The predicted molar refractivity (Wildman–Crippen MR) is 64.9 cm³/mol. The van der Waals surface area contributed by atoms with Crippen LogP contribution in [0.4, 0.5) is 11.6 Å². The van der Waals surface area contributed by atoms with Gasteiger partial charge < -0.3 is 10.1 Å². The van der Waals surface area contributed by atoms with E-state index in [2.05, 4.69) is 25.5 Å². The van der Waals surface area contributed by atoms with Crippen molar-refractivity contribution in [2.45, 2.75) is 6.42 Å². The number of rotatable bonds is 6. The number of aldehydes is 1. The summed E-state index contributed by atoms with van der Waals surface area (Å²) in [7, 11) is 1.64. The molecule has 0 radical (unpaired) electrons. The van der Waals surface area contributed by atoms with Gasteiger partial charge in [-0.2, -0.15) is 5.10 Å². The highest BCUT2D eigenvalue weighted by molar-refractivity contribution is 5.73. The number of aromatic nitrogens is 4. The van der Waals surface area contributed by atoms with Gasteiger partial charge in [0.2, 0.25) is 5.95 Å². The highest BCUT2D eigenvalue weighted by atomic mass is 16.5. The van der Waals surface area contributed by atoms with Crippen LogP contribution in [0.3, 0.4) is 0 Å². The van der Waals surface area contributed by atoms with Crippen LogP contribution in [-0.2, 0) is 11.2 Å². The Bertz CT molecular complexity index is 508. The number of anilines is 2. The van der Waals surface area contributed by atoms with Crippen LogP contribution in [0, 0.1) is 0 Å². The first-order valence-electron chi connectivity index (χ1n) is 5.39. The minimum absolute atomic E-state index is 0.417. The largest absolute Gasteiger partial charge is 0.384 e. The second kappa shape index (κ2) is 5.87. The molecule has 2 aromatic heterocycles. The molecule has 0 unspecified atom stereocenters. The fraction of sp³-hybridized carbons (Fsp3) is 0.273. The van der Waals surface area contributed by atoms with Crippen LogP contribution < -0.4 is 5.32 Å². The minimum Gasteiger partial charge on any atom is -0.384 e. The first-order chi connectivity index (χ1) is 8.83. The molecule has 0 saturated carbocycles. The number of aromatic amines is 1. The number of H-pyrrole nitrogens is 1. The molecule has 7 heteroatoms. The van der Waals surface area contributed by atoms with Crippen molar-refractivity contribution in [3.8, 4) is 0 Å². The van der Waals surface area contributed by atoms with Gasteiger partial charge in [-0.05, 0) is 0 Å². The van der Waals surface area contributed by atoms with E-state index in [1.54, 1.807) is 13.3 Å². The van der Waals surface area contributed by atoms with Crippen molar-refractivity contribution in [3.05, 3.63) is 29.8 Å². The molecule has 0 aliphatic heterocycles. The van der Waals surface area contributed by atoms with Gasteiger partial charge in [0, 0.05) is 32.1 Å². The Morgan fingerprint density at radius 1 is 1.44 bits per heavy atom. The lowest BCUT2D eigenvalue weighted by Gasteiger charge is -2.04. The van der Waals surface area contributed by atoms with Crippen LogP contribution >= 0.6 is 0 Å². The van der Waals surface area contributed by atoms with E-state index in [0.29, 0.717) is 30.8 Å². The predicted octanol–water partition coefficient (Wildman–Crippen LogP) is 0.945. The van der Waals surface area contributed by atoms with E-state index >= 15 is 0 Å². The van der Waals surface area contributed by atoms with Gasteiger partial charge in [0.05, 0.1) is 23.6 Å². The van der Waals surface area contributed by atoms with Gasteiger partial charge in [-0.15, -0.1) is 0 Å². The van der Waals surface area contributed by atoms with E-state index in [1.165, 1.54) is 12.4 Å². The first kappa shape index (κ1) is 12.2. The maximum Gasteiger partial charge on any atom is 0.227 e. The highest BCUT2D eigenvalue weighted by Crippen LogP contribution is 2.16. The van der Waals surface area contributed by atoms with Crippen LogP contribution in [0.25, 0.3) is 0 Å². The maximum atomic E-state index is 10.5. The molecular formula is C11H13N5O2. The molecule has 0 aliphatic carbocycles. The molecule has 0 amide bonds. The molecule has 2 N–H and O–H groups in total. The topological polar surface area (TPSA) is 92.8 Å². The molecule has 0 bridgehead atoms. The number of nitrogens with zero attached hydrogens (tertiary/aromatic N) is 3. The van der Waals surface area contributed by atoms with Gasteiger partial charge in [-0.25, -0.2) is 9.97 Å². The lowest BCUT2D eigenvalue weighted by Crippen LogP contribution is -2.01. The van der Waals surface area contributed by atoms with Crippen LogP contribution in [0.15, 0.2) is 18.6 Å². The van der Waals surface area contributed by atoms with Crippen molar-refractivity contribution in [2.75, 3.05) is 19.0 Å². The number of methoxy groups -OCH3 is 1. The average molecular weight is 247 g/mol. The molecule has 2 heterocycles. The Morgan fingerprint density at radius 3 is 2.89 bits per heavy atom. The van der Waals surface area contributed by atoms with Crippen molar-refractivity contribution in [3.63, 3.8) is 0 Å². The summed E-state index contributed by atoms with van der Waals surface area (Å²) in [5.41, 5.74) is 2.08.